The number of hydrogen-bond donors (Lipinski definition) is 3. The molecule has 2 atom stereocenters. The van der Waals surface area contributed by atoms with Crippen molar-refractivity contribution in [2.75, 3.05) is 0 Å². The van der Waals surface area contributed by atoms with Crippen LogP contribution in [0.25, 0.3) is 0 Å². The molecule has 7 nitrogen and oxygen atoms in total. The van der Waals surface area contributed by atoms with Gasteiger partial charge in [-0.15, -0.1) is 0 Å². The molecule has 1 radical (unpaired) electrons. The molecule has 0 bridgehead atoms. The standard InChI is InChI=1S/C20H38O7S.Ag/c1-3-5-7-9-11-13-15-17(18(21)22)20(19(23)24,28(25,26)27)16-14-12-10-8-6-4-2;/h17H,3-16H2,1-2H3,(H,21,22)(H,23,24)(H,25,26,27);. The van der Waals surface area contributed by atoms with Gasteiger partial charge in [0.1, 0.15) is 0 Å². The number of carboxylic acid groups (broad SMARTS) is 2. The Bertz CT molecular complexity index is 565. The normalized spacial score (nSPS) is 14.6. The van der Waals surface area contributed by atoms with E-state index in [-0.39, 0.29) is 41.6 Å². The summed E-state index contributed by atoms with van der Waals surface area (Å²) < 4.78 is 31.3. The van der Waals surface area contributed by atoms with Crippen molar-refractivity contribution in [3.05, 3.63) is 0 Å². The van der Waals surface area contributed by atoms with Crippen LogP contribution in [0.3, 0.4) is 0 Å². The van der Waals surface area contributed by atoms with Crippen molar-refractivity contribution in [1.82, 2.24) is 0 Å². The van der Waals surface area contributed by atoms with E-state index in [0.29, 0.717) is 19.3 Å². The number of aliphatic carboxylic acids is 2. The zero-order valence-corrected chi connectivity index (χ0v) is 20.0. The molecule has 0 aliphatic carbocycles. The second-order valence-electron chi connectivity index (χ2n) is 7.63. The van der Waals surface area contributed by atoms with Crippen molar-refractivity contribution in [2.24, 2.45) is 5.92 Å². The van der Waals surface area contributed by atoms with Crippen LogP contribution in [0.1, 0.15) is 104 Å². The van der Waals surface area contributed by atoms with Crippen LogP contribution in [-0.2, 0) is 42.1 Å². The van der Waals surface area contributed by atoms with Gasteiger partial charge in [-0.05, 0) is 12.8 Å². The zero-order valence-electron chi connectivity index (χ0n) is 17.7. The van der Waals surface area contributed by atoms with Crippen LogP contribution in [0.2, 0.25) is 0 Å². The van der Waals surface area contributed by atoms with Crippen molar-refractivity contribution >= 4 is 22.1 Å². The number of carboxylic acids is 2. The Morgan fingerprint density at radius 1 is 0.793 bits per heavy atom. The van der Waals surface area contributed by atoms with E-state index in [1.165, 1.54) is 0 Å². The van der Waals surface area contributed by atoms with Crippen LogP contribution in [-0.4, -0.2) is 39.9 Å². The molecule has 9 heteroatoms. The van der Waals surface area contributed by atoms with Crippen molar-refractivity contribution in [1.29, 1.82) is 0 Å². The van der Waals surface area contributed by atoms with Gasteiger partial charge in [-0.1, -0.05) is 90.9 Å². The Balaban J connectivity index is 0. The summed E-state index contributed by atoms with van der Waals surface area (Å²) in [6.45, 7) is 4.14. The van der Waals surface area contributed by atoms with Crippen LogP contribution < -0.4 is 0 Å². The van der Waals surface area contributed by atoms with Gasteiger partial charge in [-0.2, -0.15) is 8.42 Å². The quantitative estimate of drug-likeness (QED) is 0.131. The summed E-state index contributed by atoms with van der Waals surface area (Å²) in [6.07, 6.45) is 9.43. The van der Waals surface area contributed by atoms with Gasteiger partial charge in [-0.25, -0.2) is 0 Å². The topological polar surface area (TPSA) is 129 Å². The molecule has 0 aromatic carbocycles. The zero-order chi connectivity index (χ0) is 21.6. The van der Waals surface area contributed by atoms with Gasteiger partial charge in [0.2, 0.25) is 4.75 Å². The van der Waals surface area contributed by atoms with E-state index in [9.17, 15) is 32.8 Å². The van der Waals surface area contributed by atoms with Gasteiger partial charge >= 0.3 is 11.9 Å². The third kappa shape index (κ3) is 10.4. The van der Waals surface area contributed by atoms with Crippen LogP contribution in [0, 0.1) is 5.92 Å². The van der Waals surface area contributed by atoms with E-state index < -0.39 is 32.7 Å². The first kappa shape index (κ1) is 30.8. The van der Waals surface area contributed by atoms with Gasteiger partial charge in [0, 0.05) is 22.4 Å². The Kier molecular flexibility index (Phi) is 17.3. The SMILES string of the molecule is CCCCCCCCC(C(=O)O)C(CCCCCCCC)(C(=O)O)S(=O)(=O)O.[Ag]. The Labute approximate surface area is 191 Å². The first-order valence-corrected chi connectivity index (χ1v) is 12.0. The molecular formula is C20H38AgO7S. The number of carbonyl (C=O) groups is 2. The summed E-state index contributed by atoms with van der Waals surface area (Å²) >= 11 is 0. The minimum Gasteiger partial charge on any atom is -0.481 e. The molecule has 2 unspecified atom stereocenters. The maximum atomic E-state index is 12.1. The second kappa shape index (κ2) is 16.3. The van der Waals surface area contributed by atoms with E-state index >= 15 is 0 Å². The average molecular weight is 530 g/mol. The molecule has 0 heterocycles. The second-order valence-corrected chi connectivity index (χ2v) is 9.31. The van der Waals surface area contributed by atoms with Crippen molar-refractivity contribution in [3.8, 4) is 0 Å². The van der Waals surface area contributed by atoms with Crippen molar-refractivity contribution < 1.29 is 55.2 Å². The Morgan fingerprint density at radius 2 is 1.21 bits per heavy atom. The smallest absolute Gasteiger partial charge is 0.328 e. The maximum absolute atomic E-state index is 12.1. The molecule has 0 saturated carbocycles. The van der Waals surface area contributed by atoms with Crippen LogP contribution in [0.5, 0.6) is 0 Å². The molecule has 3 N–H and O–H groups in total. The summed E-state index contributed by atoms with van der Waals surface area (Å²) in [5, 5.41) is 19.3. The summed E-state index contributed by atoms with van der Waals surface area (Å²) in [7, 11) is -5.10. The first-order valence-electron chi connectivity index (χ1n) is 10.6. The molecule has 0 aliphatic heterocycles. The fourth-order valence-corrected chi connectivity index (χ4v) is 4.90. The number of hydrogen-bond acceptors (Lipinski definition) is 4. The third-order valence-electron chi connectivity index (χ3n) is 5.43. The van der Waals surface area contributed by atoms with Gasteiger partial charge < -0.3 is 10.2 Å². The van der Waals surface area contributed by atoms with E-state index in [2.05, 4.69) is 13.8 Å². The molecule has 0 aliphatic rings. The molecule has 0 fully saturated rings. The summed E-state index contributed by atoms with van der Waals surface area (Å²) in [4.78, 5) is 23.8. The first-order chi connectivity index (χ1) is 13.1. The molecule has 0 spiro atoms. The van der Waals surface area contributed by atoms with Crippen LogP contribution in [0.15, 0.2) is 0 Å². The van der Waals surface area contributed by atoms with E-state index in [4.69, 9.17) is 0 Å². The summed E-state index contributed by atoms with van der Waals surface area (Å²) in [5.74, 6) is -4.93. The van der Waals surface area contributed by atoms with E-state index in [0.717, 1.165) is 51.4 Å². The molecule has 29 heavy (non-hydrogen) atoms. The minimum absolute atomic E-state index is 0. The fraction of sp³-hybridized carbons (Fsp3) is 0.900. The van der Waals surface area contributed by atoms with Crippen LogP contribution in [0.4, 0.5) is 0 Å². The molecule has 0 aromatic rings. The van der Waals surface area contributed by atoms with Crippen molar-refractivity contribution in [3.63, 3.8) is 0 Å². The molecule has 0 aromatic heterocycles. The summed E-state index contributed by atoms with van der Waals surface area (Å²) in [6, 6.07) is 0. The average Bonchev–Trinajstić information content (AvgIpc) is 2.60. The summed E-state index contributed by atoms with van der Waals surface area (Å²) in [5.41, 5.74) is 0. The Morgan fingerprint density at radius 3 is 1.59 bits per heavy atom. The van der Waals surface area contributed by atoms with Crippen molar-refractivity contribution in [2.45, 2.75) is 108 Å². The van der Waals surface area contributed by atoms with Gasteiger partial charge in [0.05, 0.1) is 5.92 Å². The van der Waals surface area contributed by atoms with Gasteiger partial charge in [0.15, 0.2) is 0 Å². The predicted molar refractivity (Wildman–Crippen MR) is 109 cm³/mol. The minimum atomic E-state index is -5.10. The Hall–Kier alpha value is -0.410. The molecule has 0 amide bonds. The number of rotatable bonds is 18. The van der Waals surface area contributed by atoms with Crippen LogP contribution >= 0.6 is 0 Å². The third-order valence-corrected chi connectivity index (χ3v) is 7.02. The van der Waals surface area contributed by atoms with E-state index in [1.807, 2.05) is 0 Å². The van der Waals surface area contributed by atoms with Gasteiger partial charge in [-0.3, -0.25) is 14.1 Å². The van der Waals surface area contributed by atoms with E-state index in [1.54, 1.807) is 0 Å². The monoisotopic (exact) mass is 529 g/mol. The molecular weight excluding hydrogens is 492 g/mol. The molecule has 177 valence electrons. The maximum Gasteiger partial charge on any atom is 0.328 e. The molecule has 0 saturated heterocycles. The largest absolute Gasteiger partial charge is 0.481 e. The predicted octanol–water partition coefficient (Wildman–Crippen LogP) is 4.90. The fourth-order valence-electron chi connectivity index (χ4n) is 3.70. The molecule has 0 rings (SSSR count). The number of unbranched alkanes of at least 4 members (excludes halogenated alkanes) is 10. The van der Waals surface area contributed by atoms with Gasteiger partial charge in [0.25, 0.3) is 10.1 Å².